The van der Waals surface area contributed by atoms with Gasteiger partial charge in [0.15, 0.2) is 9.84 Å². The first kappa shape index (κ1) is 15.0. The normalized spacial score (nSPS) is 22.4. The largest absolute Gasteiger partial charge is 0.356 e. The van der Waals surface area contributed by atoms with Crippen molar-refractivity contribution in [2.45, 2.75) is 18.9 Å². The maximum Gasteiger partial charge on any atom is 0.224 e. The summed E-state index contributed by atoms with van der Waals surface area (Å²) in [5.74, 6) is -0.475. The van der Waals surface area contributed by atoms with E-state index in [1.807, 2.05) is 30.3 Å². The van der Waals surface area contributed by atoms with Crippen LogP contribution in [0.15, 0.2) is 30.3 Å². The molecule has 1 aromatic rings. The van der Waals surface area contributed by atoms with Crippen molar-refractivity contribution >= 4 is 15.7 Å². The first-order valence-electron chi connectivity index (χ1n) is 6.76. The fourth-order valence-electron chi connectivity index (χ4n) is 2.36. The van der Waals surface area contributed by atoms with Gasteiger partial charge in [0, 0.05) is 12.6 Å². The zero-order chi connectivity index (χ0) is 14.6. The molecule has 5 nitrogen and oxygen atoms in total. The van der Waals surface area contributed by atoms with Gasteiger partial charge in [-0.05, 0) is 18.4 Å². The Hall–Kier alpha value is -1.40. The summed E-state index contributed by atoms with van der Waals surface area (Å²) in [7, 11) is -3.01. The molecule has 0 spiro atoms. The van der Waals surface area contributed by atoms with E-state index in [2.05, 4.69) is 5.32 Å². The van der Waals surface area contributed by atoms with Crippen molar-refractivity contribution in [2.75, 3.05) is 18.1 Å². The summed E-state index contributed by atoms with van der Waals surface area (Å²) in [6.07, 6.45) is 1.06. The molecule has 20 heavy (non-hydrogen) atoms. The lowest BCUT2D eigenvalue weighted by Gasteiger charge is -2.14. The van der Waals surface area contributed by atoms with Gasteiger partial charge in [-0.3, -0.25) is 4.79 Å². The minimum absolute atomic E-state index is 0.0242. The molecule has 0 bridgehead atoms. The highest BCUT2D eigenvalue weighted by molar-refractivity contribution is 7.91. The van der Waals surface area contributed by atoms with Crippen LogP contribution in [0.1, 0.15) is 24.4 Å². The number of nitrogens with one attached hydrogen (secondary N) is 1. The molecule has 6 heteroatoms. The Morgan fingerprint density at radius 1 is 1.35 bits per heavy atom. The number of sulfone groups is 1. The summed E-state index contributed by atoms with van der Waals surface area (Å²) in [6, 6.07) is 9.57. The van der Waals surface area contributed by atoms with Crippen LogP contribution in [0.3, 0.4) is 0 Å². The zero-order valence-electron chi connectivity index (χ0n) is 11.3. The first-order valence-corrected chi connectivity index (χ1v) is 8.59. The Morgan fingerprint density at radius 2 is 2.05 bits per heavy atom. The number of hydrogen-bond acceptors (Lipinski definition) is 4. The summed E-state index contributed by atoms with van der Waals surface area (Å²) in [5.41, 5.74) is 7.06. The van der Waals surface area contributed by atoms with Crippen LogP contribution in [-0.2, 0) is 14.6 Å². The average molecular weight is 296 g/mol. The van der Waals surface area contributed by atoms with Crippen LogP contribution in [0.5, 0.6) is 0 Å². The number of rotatable bonds is 5. The van der Waals surface area contributed by atoms with E-state index < -0.39 is 15.8 Å². The molecule has 2 unspecified atom stereocenters. The van der Waals surface area contributed by atoms with Gasteiger partial charge < -0.3 is 11.1 Å². The van der Waals surface area contributed by atoms with Crippen molar-refractivity contribution in [3.05, 3.63) is 35.9 Å². The minimum Gasteiger partial charge on any atom is -0.356 e. The van der Waals surface area contributed by atoms with Crippen LogP contribution in [0.2, 0.25) is 0 Å². The molecule has 110 valence electrons. The molecule has 1 heterocycles. The highest BCUT2D eigenvalue weighted by atomic mass is 32.2. The fourth-order valence-corrected chi connectivity index (χ4v) is 4.11. The molecule has 1 aliphatic heterocycles. The molecule has 2 rings (SSSR count). The monoisotopic (exact) mass is 296 g/mol. The molecule has 0 saturated carbocycles. The number of nitrogens with two attached hydrogens (primary N) is 1. The summed E-state index contributed by atoms with van der Waals surface area (Å²) in [5, 5.41) is 2.78. The van der Waals surface area contributed by atoms with Crippen LogP contribution in [0, 0.1) is 5.92 Å². The summed E-state index contributed by atoms with van der Waals surface area (Å²) < 4.78 is 22.6. The highest BCUT2D eigenvalue weighted by Gasteiger charge is 2.32. The van der Waals surface area contributed by atoms with E-state index in [9.17, 15) is 13.2 Å². The van der Waals surface area contributed by atoms with E-state index in [4.69, 9.17) is 5.73 Å². The molecular weight excluding hydrogens is 276 g/mol. The van der Waals surface area contributed by atoms with Crippen molar-refractivity contribution in [1.82, 2.24) is 5.32 Å². The van der Waals surface area contributed by atoms with Gasteiger partial charge in [-0.15, -0.1) is 0 Å². The molecule has 0 aromatic heterocycles. The Bertz CT molecular complexity index is 557. The van der Waals surface area contributed by atoms with Gasteiger partial charge >= 0.3 is 0 Å². The van der Waals surface area contributed by atoms with Crippen LogP contribution < -0.4 is 11.1 Å². The van der Waals surface area contributed by atoms with Crippen LogP contribution in [-0.4, -0.2) is 32.4 Å². The van der Waals surface area contributed by atoms with Crippen molar-refractivity contribution in [1.29, 1.82) is 0 Å². The van der Waals surface area contributed by atoms with Gasteiger partial charge in [-0.2, -0.15) is 0 Å². The molecule has 1 fully saturated rings. The quantitative estimate of drug-likeness (QED) is 0.834. The lowest BCUT2D eigenvalue weighted by atomic mass is 10.0. The van der Waals surface area contributed by atoms with E-state index in [1.54, 1.807) is 0 Å². The predicted octanol–water partition coefficient (Wildman–Crippen LogP) is 0.627. The molecule has 0 radical (unpaired) electrons. The first-order chi connectivity index (χ1) is 9.48. The highest BCUT2D eigenvalue weighted by Crippen LogP contribution is 2.18. The lowest BCUT2D eigenvalue weighted by Crippen LogP contribution is -2.33. The minimum atomic E-state index is -3.01. The third-order valence-electron chi connectivity index (χ3n) is 3.59. The molecule has 1 aromatic carbocycles. The smallest absolute Gasteiger partial charge is 0.224 e. The van der Waals surface area contributed by atoms with E-state index in [-0.39, 0.29) is 23.5 Å². The van der Waals surface area contributed by atoms with E-state index in [1.165, 1.54) is 0 Å². The molecule has 0 aliphatic carbocycles. The number of carbonyl (C=O) groups is 1. The molecule has 1 amide bonds. The van der Waals surface area contributed by atoms with Gasteiger partial charge in [0.25, 0.3) is 0 Å². The maximum absolute atomic E-state index is 11.8. The van der Waals surface area contributed by atoms with Crippen LogP contribution >= 0.6 is 0 Å². The molecule has 3 N–H and O–H groups in total. The lowest BCUT2D eigenvalue weighted by molar-refractivity contribution is -0.124. The molecule has 2 atom stereocenters. The summed E-state index contributed by atoms with van der Waals surface area (Å²) in [6.45, 7) is 0.464. The number of hydrogen-bond donors (Lipinski definition) is 2. The Labute approximate surface area is 119 Å². The van der Waals surface area contributed by atoms with E-state index >= 15 is 0 Å². The predicted molar refractivity (Wildman–Crippen MR) is 77.8 cm³/mol. The molecular formula is C14H20N2O3S. The standard InChI is InChI=1S/C14H20N2O3S/c15-13(11-4-2-1-3-5-11)6-8-16-14(17)12-7-9-20(18,19)10-12/h1-5,12-13H,6-10,15H2,(H,16,17). The van der Waals surface area contributed by atoms with Gasteiger partial charge in [-0.25, -0.2) is 8.42 Å². The average Bonchev–Trinajstić information content (AvgIpc) is 2.80. The van der Waals surface area contributed by atoms with Gasteiger partial charge in [-0.1, -0.05) is 30.3 Å². The summed E-state index contributed by atoms with van der Waals surface area (Å²) in [4.78, 5) is 11.8. The van der Waals surface area contributed by atoms with Gasteiger partial charge in [0.1, 0.15) is 0 Å². The SMILES string of the molecule is NC(CCNC(=O)C1CCS(=O)(=O)C1)c1ccccc1. The van der Waals surface area contributed by atoms with E-state index in [0.29, 0.717) is 19.4 Å². The maximum atomic E-state index is 11.8. The number of carbonyl (C=O) groups excluding carboxylic acids is 1. The summed E-state index contributed by atoms with van der Waals surface area (Å²) >= 11 is 0. The Balaban J connectivity index is 1.75. The molecule has 1 saturated heterocycles. The van der Waals surface area contributed by atoms with Crippen molar-refractivity contribution in [3.8, 4) is 0 Å². The number of amides is 1. The van der Waals surface area contributed by atoms with Gasteiger partial charge in [0.2, 0.25) is 5.91 Å². The third kappa shape index (κ3) is 4.05. The zero-order valence-corrected chi connectivity index (χ0v) is 12.1. The van der Waals surface area contributed by atoms with E-state index in [0.717, 1.165) is 5.56 Å². The second-order valence-corrected chi connectivity index (χ2v) is 7.43. The van der Waals surface area contributed by atoms with Gasteiger partial charge in [0.05, 0.1) is 17.4 Å². The second kappa shape index (κ2) is 6.37. The number of benzene rings is 1. The fraction of sp³-hybridized carbons (Fsp3) is 0.500. The molecule has 1 aliphatic rings. The van der Waals surface area contributed by atoms with Crippen molar-refractivity contribution < 1.29 is 13.2 Å². The van der Waals surface area contributed by atoms with Crippen LogP contribution in [0.4, 0.5) is 0 Å². The third-order valence-corrected chi connectivity index (χ3v) is 5.35. The Morgan fingerprint density at radius 3 is 2.65 bits per heavy atom. The topological polar surface area (TPSA) is 89.3 Å². The second-order valence-electron chi connectivity index (χ2n) is 5.20. The van der Waals surface area contributed by atoms with Crippen molar-refractivity contribution in [2.24, 2.45) is 11.7 Å². The Kier molecular flexibility index (Phi) is 4.77. The van der Waals surface area contributed by atoms with Crippen molar-refractivity contribution in [3.63, 3.8) is 0 Å². The van der Waals surface area contributed by atoms with Crippen LogP contribution in [0.25, 0.3) is 0 Å².